The molecule has 0 bridgehead atoms. The van der Waals surface area contributed by atoms with Crippen LogP contribution >= 0.6 is 0 Å². The van der Waals surface area contributed by atoms with E-state index in [4.69, 9.17) is 10.2 Å². The average molecular weight is 1680 g/mol. The first-order valence-electron chi connectivity index (χ1n) is 39.2. The second-order valence-electron chi connectivity index (χ2n) is 30.7. The van der Waals surface area contributed by atoms with Gasteiger partial charge in [0.05, 0.1) is 35.6 Å². The van der Waals surface area contributed by atoms with Crippen molar-refractivity contribution in [1.82, 2.24) is 101 Å². The van der Waals surface area contributed by atoms with Crippen LogP contribution in [0.2, 0.25) is 0 Å². The van der Waals surface area contributed by atoms with Crippen LogP contribution in [0, 0.1) is 5.41 Å². The molecule has 3 aromatic carbocycles. The minimum atomic E-state index is -3.14. The molecule has 18 rings (SSSR count). The van der Waals surface area contributed by atoms with Gasteiger partial charge in [-0.2, -0.15) is 30.5 Å². The summed E-state index contributed by atoms with van der Waals surface area (Å²) in [6.07, 6.45) is 31.1. The molecule has 5 fully saturated rings. The number of aromatic carboxylic acids is 1. The van der Waals surface area contributed by atoms with E-state index in [0.717, 1.165) is 56.8 Å². The SMILES string of the molecule is CC(C)(C)CS(=O)(=O)C/C=C/c1nccc(Nc2cc(C3CC3)[nH]n2)n1.CS(=O)(=O)C/C=C/c1nccc(Nc2cc(C3CC3)[nH]n2)n1.O=C(O)c1ccc(Nc2nccc(Nc3cc(C4CC4)[nH]n3)n2)cc1.OC/C=C/c1cnc(-c2ccccc2)nc1Nc1cc(C2CC2)[nH]n1.Oc1cnc(-c2ccccc2)nc1Nc1cc(C2CC2)[nH]n1.[HH].[HH].[HH].[HH].[HH].[HH].[HH].[HH].[HH]. The van der Waals surface area contributed by atoms with Gasteiger partial charge in [0.25, 0.3) is 0 Å². The number of aromatic amines is 5. The van der Waals surface area contributed by atoms with Gasteiger partial charge in [0.15, 0.2) is 83.6 Å². The second kappa shape index (κ2) is 38.1. The summed E-state index contributed by atoms with van der Waals surface area (Å²) in [5.41, 5.74) is 9.04. The van der Waals surface area contributed by atoms with Crippen molar-refractivity contribution in [1.29, 1.82) is 0 Å². The lowest BCUT2D eigenvalue weighted by atomic mass is 10.0. The van der Waals surface area contributed by atoms with Gasteiger partial charge < -0.3 is 47.2 Å². The predicted molar refractivity (Wildman–Crippen MR) is 480 cm³/mol. The minimum Gasteiger partial charge on any atom is -0.503 e. The molecule has 0 spiro atoms. The molecule has 0 aliphatic heterocycles. The van der Waals surface area contributed by atoms with E-state index in [0.29, 0.717) is 111 Å². The molecule has 10 heterocycles. The number of hydrogen-bond acceptors (Lipinski definition) is 28. The van der Waals surface area contributed by atoms with Crippen LogP contribution in [0.1, 0.15) is 183 Å². The van der Waals surface area contributed by atoms with Crippen LogP contribution in [0.4, 0.5) is 69.8 Å². The van der Waals surface area contributed by atoms with Crippen molar-refractivity contribution in [2.45, 2.75) is 115 Å². The Morgan fingerprint density at radius 3 is 1.27 bits per heavy atom. The number of nitrogens with one attached hydrogen (secondary N) is 11. The molecule has 5 aliphatic rings. The molecule has 13 aromatic rings. The van der Waals surface area contributed by atoms with E-state index in [2.05, 4.69) is 133 Å². The summed E-state index contributed by atoms with van der Waals surface area (Å²) in [7, 11) is -6.16. The molecule has 120 heavy (non-hydrogen) atoms. The van der Waals surface area contributed by atoms with Crippen LogP contribution < -0.4 is 31.9 Å². The van der Waals surface area contributed by atoms with Gasteiger partial charge in [-0.3, -0.25) is 25.5 Å². The number of carboxylic acid groups (broad SMARTS) is 1. The van der Waals surface area contributed by atoms with Gasteiger partial charge in [-0.15, -0.1) is 0 Å². The molecule has 34 nitrogen and oxygen atoms in total. The van der Waals surface area contributed by atoms with Gasteiger partial charge >= 0.3 is 5.97 Å². The Bertz CT molecular complexity index is 5990. The third-order valence-electron chi connectivity index (χ3n) is 18.7. The molecule has 5 aliphatic carbocycles. The predicted octanol–water partition coefficient (Wildman–Crippen LogP) is 17.3. The van der Waals surface area contributed by atoms with Crippen LogP contribution in [0.15, 0.2) is 183 Å². The molecule has 10 aromatic heterocycles. The van der Waals surface area contributed by atoms with Gasteiger partial charge in [-0.1, -0.05) is 106 Å². The summed E-state index contributed by atoms with van der Waals surface area (Å²) in [6, 6.07) is 41.1. The number of carbonyl (C=O) groups is 1. The first-order chi connectivity index (χ1) is 58.0. The zero-order chi connectivity index (χ0) is 83.6. The maximum Gasteiger partial charge on any atom is 0.335 e. The van der Waals surface area contributed by atoms with Crippen molar-refractivity contribution in [3.63, 3.8) is 0 Å². The third kappa shape index (κ3) is 25.6. The maximum atomic E-state index is 12.1. The lowest BCUT2D eigenvalue weighted by molar-refractivity contribution is 0.0696. The summed E-state index contributed by atoms with van der Waals surface area (Å²) >= 11 is 0. The monoisotopic (exact) mass is 1670 g/mol. The number of sulfone groups is 2. The zero-order valence-electron chi connectivity index (χ0n) is 66.2. The van der Waals surface area contributed by atoms with Gasteiger partial charge in [0.2, 0.25) is 5.95 Å². The number of aliphatic hydroxyl groups excluding tert-OH is 1. The number of rotatable bonds is 29. The molecule has 0 saturated heterocycles. The molecular formula is C84H110N26O8S2. The number of anilines is 12. The smallest absolute Gasteiger partial charge is 0.335 e. The largest absolute Gasteiger partial charge is 0.503 e. The molecule has 0 radical (unpaired) electrons. The van der Waals surface area contributed by atoms with Gasteiger partial charge in [-0.05, 0) is 124 Å². The van der Waals surface area contributed by atoms with E-state index in [1.54, 1.807) is 85.5 Å². The number of aliphatic hydroxyl groups is 1. The van der Waals surface area contributed by atoms with E-state index in [-0.39, 0.29) is 53.4 Å². The summed E-state index contributed by atoms with van der Waals surface area (Å²) in [5, 5.41) is 83.1. The Labute approximate surface area is 705 Å². The summed E-state index contributed by atoms with van der Waals surface area (Å²) in [6.45, 7) is 5.71. The Hall–Kier alpha value is -13.7. The standard InChI is InChI=1S/C19H19N5O.C18H25N5O2S.C17H16N6O2.C16H15N5O.C14H17N5O2S.9H2/c25-10-4-7-15-12-20-18(14-5-2-1-3-6-14)22-19(15)21-17-11-16(23-24-17)13-8-9-13;1-18(2,3)12-26(24,25)10-4-5-15-19-9-8-16(20-15)21-17-11-14(22-23-17)13-6-7-13;24-16(25)11-3-5-12(6-4-11)19-17-18-8-7-14(21-17)20-15-9-13(22-23-15)10-1-2-10;22-13-9-17-15(11-4-2-1-3-5-11)19-16(13)18-14-8-12(20-21-14)10-6-7-10;1-22(20,21)8-2-3-12-15-7-6-13(16-12)17-14-9-11(18-19-14)10-4-5-10;;;;;;;;;/h1-7,11-13,25H,8-10H2,(H2,20,21,22,23,24);4-5,8-9,11,13H,6-7,10,12H2,1-3H3,(H2,19,20,21,22,23);3-10H,1-2H2,(H,24,25)(H3,18,19,20,21,22,23);1-5,8-10,22H,6-7H2,(H2,17,18,19,20,21);2-3,6-7,9-10H,4-5,8H2,1H3,(H2,15,16,17,18,19);9*1H/b7-4+;5-4+;;;3-2+;;;;;;;;;. The Kier molecular flexibility index (Phi) is 26.3. The number of benzene rings is 3. The molecule has 0 amide bonds. The Morgan fingerprint density at radius 2 is 0.858 bits per heavy atom. The molecule has 5 saturated carbocycles. The first kappa shape index (κ1) is 82.8. The van der Waals surface area contributed by atoms with Gasteiger partial charge in [0.1, 0.15) is 23.3 Å². The maximum absolute atomic E-state index is 12.1. The van der Waals surface area contributed by atoms with Crippen molar-refractivity contribution in [2.24, 2.45) is 5.41 Å². The van der Waals surface area contributed by atoms with Crippen molar-refractivity contribution < 1.29 is 49.8 Å². The fourth-order valence-corrected chi connectivity index (χ4v) is 14.4. The van der Waals surface area contributed by atoms with Crippen LogP contribution in [0.5, 0.6) is 5.75 Å². The zero-order valence-corrected chi connectivity index (χ0v) is 67.9. The number of aromatic nitrogens is 20. The van der Waals surface area contributed by atoms with E-state index in [1.165, 1.54) is 94.9 Å². The number of hydrogen-bond donors (Lipinski definition) is 14. The molecular weight excluding hydrogens is 1570 g/mol. The van der Waals surface area contributed by atoms with Crippen LogP contribution in [0.3, 0.4) is 0 Å². The van der Waals surface area contributed by atoms with Gasteiger partial charge in [-0.25, -0.2) is 66.5 Å². The normalized spacial score (nSPS) is 14.5. The highest BCUT2D eigenvalue weighted by Crippen LogP contribution is 2.44. The quantitative estimate of drug-likeness (QED) is 0.0207. The highest BCUT2D eigenvalue weighted by Gasteiger charge is 2.30. The minimum absolute atomic E-state index is 0. The molecule has 14 N–H and O–H groups in total. The first-order valence-corrected chi connectivity index (χ1v) is 43.1. The van der Waals surface area contributed by atoms with E-state index < -0.39 is 25.6 Å². The van der Waals surface area contributed by atoms with Gasteiger partial charge in [0, 0.05) is 155 Å². The van der Waals surface area contributed by atoms with E-state index >= 15 is 0 Å². The Balaban J connectivity index is 0.000000281. The topological polar surface area (TPSA) is 491 Å². The van der Waals surface area contributed by atoms with Crippen molar-refractivity contribution in [3.8, 4) is 28.5 Å². The summed E-state index contributed by atoms with van der Waals surface area (Å²) < 4.78 is 46.3. The number of carboxylic acids is 1. The fourth-order valence-electron chi connectivity index (χ4n) is 12.1. The van der Waals surface area contributed by atoms with Crippen molar-refractivity contribution in [2.75, 3.05) is 62.0 Å². The molecule has 0 atom stereocenters. The van der Waals surface area contributed by atoms with Crippen molar-refractivity contribution >= 4 is 114 Å². The number of H-pyrrole nitrogens is 5. The van der Waals surface area contributed by atoms with Crippen LogP contribution in [-0.2, 0) is 19.7 Å². The average Bonchev–Trinajstić information content (AvgIpc) is 1.62. The highest BCUT2D eigenvalue weighted by atomic mass is 32.2. The van der Waals surface area contributed by atoms with Crippen LogP contribution in [0.25, 0.3) is 41.0 Å². The molecule has 0 unspecified atom stereocenters. The molecule has 36 heteroatoms. The lowest BCUT2D eigenvalue weighted by Gasteiger charge is -2.16. The number of aromatic hydroxyl groups is 1. The highest BCUT2D eigenvalue weighted by molar-refractivity contribution is 7.91. The second-order valence-corrected chi connectivity index (χ2v) is 35.0. The lowest BCUT2D eigenvalue weighted by Crippen LogP contribution is -2.22. The van der Waals surface area contributed by atoms with Crippen molar-refractivity contribution in [3.05, 3.63) is 234 Å². The number of nitrogens with zero attached hydrogens (tertiary/aromatic N) is 15. The summed E-state index contributed by atoms with van der Waals surface area (Å²) in [5.74, 6) is 11.1. The van der Waals surface area contributed by atoms with E-state index in [1.807, 2.05) is 112 Å². The van der Waals surface area contributed by atoms with E-state index in [9.17, 15) is 26.7 Å². The fraction of sp³-hybridized carbons (Fsp3) is 0.286. The third-order valence-corrected chi connectivity index (χ3v) is 21.5. The van der Waals surface area contributed by atoms with Crippen LogP contribution in [-0.4, -0.2) is 169 Å². The summed E-state index contributed by atoms with van der Waals surface area (Å²) in [4.78, 5) is 54.0. The molecule has 636 valence electrons. The Morgan fingerprint density at radius 1 is 0.458 bits per heavy atom.